The van der Waals surface area contributed by atoms with Crippen molar-refractivity contribution in [1.82, 2.24) is 0 Å². The van der Waals surface area contributed by atoms with Crippen molar-refractivity contribution in [3.05, 3.63) is 35.2 Å². The zero-order valence-corrected chi connectivity index (χ0v) is 10.3. The van der Waals surface area contributed by atoms with Crippen LogP contribution in [0.25, 0.3) is 10.1 Å². The van der Waals surface area contributed by atoms with E-state index in [9.17, 15) is 0 Å². The minimum atomic E-state index is 0.435. The molecule has 2 rings (SSSR count). The summed E-state index contributed by atoms with van der Waals surface area (Å²) >= 11 is 1.81. The highest BCUT2D eigenvalue weighted by Crippen LogP contribution is 2.24. The van der Waals surface area contributed by atoms with Crippen LogP contribution >= 0.6 is 11.3 Å². The normalized spacial score (nSPS) is 10.8. The SMILES string of the molecule is C=N/N=C(/C)N.Cc1csc2ccccc12. The molecule has 0 fully saturated rings. The molecule has 0 radical (unpaired) electrons. The first-order chi connectivity index (χ1) is 7.65. The van der Waals surface area contributed by atoms with Crippen LogP contribution in [-0.4, -0.2) is 12.6 Å². The fourth-order valence-electron chi connectivity index (χ4n) is 1.22. The van der Waals surface area contributed by atoms with E-state index in [2.05, 4.69) is 53.5 Å². The molecule has 16 heavy (non-hydrogen) atoms. The number of thiophene rings is 1. The van der Waals surface area contributed by atoms with Gasteiger partial charge in [0.15, 0.2) is 0 Å². The van der Waals surface area contributed by atoms with Crippen molar-refractivity contribution in [1.29, 1.82) is 0 Å². The Kier molecular flexibility index (Phi) is 4.66. The Bertz CT molecular complexity index is 496. The van der Waals surface area contributed by atoms with E-state index in [0.717, 1.165) is 0 Å². The molecule has 0 bridgehead atoms. The maximum absolute atomic E-state index is 5.02. The summed E-state index contributed by atoms with van der Waals surface area (Å²) in [6.45, 7) is 6.88. The van der Waals surface area contributed by atoms with Crippen molar-refractivity contribution >= 4 is 34.0 Å². The maximum Gasteiger partial charge on any atom is 0.119 e. The van der Waals surface area contributed by atoms with Gasteiger partial charge < -0.3 is 5.73 Å². The van der Waals surface area contributed by atoms with Gasteiger partial charge in [-0.05, 0) is 36.2 Å². The molecule has 0 saturated carbocycles. The molecule has 0 saturated heterocycles. The van der Waals surface area contributed by atoms with Crippen molar-refractivity contribution in [2.45, 2.75) is 13.8 Å². The molecule has 0 aliphatic rings. The van der Waals surface area contributed by atoms with Crippen molar-refractivity contribution in [3.63, 3.8) is 0 Å². The predicted molar refractivity (Wildman–Crippen MR) is 73.4 cm³/mol. The lowest BCUT2D eigenvalue weighted by Gasteiger charge is -1.86. The van der Waals surface area contributed by atoms with Crippen LogP contribution in [0.5, 0.6) is 0 Å². The molecule has 84 valence electrons. The highest BCUT2D eigenvalue weighted by Gasteiger charge is 1.95. The molecule has 0 aliphatic carbocycles. The third kappa shape index (κ3) is 3.47. The first kappa shape index (κ1) is 12.4. The van der Waals surface area contributed by atoms with Gasteiger partial charge in [0, 0.05) is 11.4 Å². The fourth-order valence-corrected chi connectivity index (χ4v) is 2.17. The second-order valence-corrected chi connectivity index (χ2v) is 4.21. The second-order valence-electron chi connectivity index (χ2n) is 3.30. The topological polar surface area (TPSA) is 50.7 Å². The molecular formula is C12H15N3S. The summed E-state index contributed by atoms with van der Waals surface area (Å²) in [5, 5.41) is 10.1. The molecule has 3 nitrogen and oxygen atoms in total. The van der Waals surface area contributed by atoms with Crippen molar-refractivity contribution < 1.29 is 0 Å². The summed E-state index contributed by atoms with van der Waals surface area (Å²) in [7, 11) is 0. The zero-order valence-electron chi connectivity index (χ0n) is 9.47. The monoisotopic (exact) mass is 233 g/mol. The minimum Gasteiger partial charge on any atom is -0.386 e. The first-order valence-corrected chi connectivity index (χ1v) is 5.71. The Morgan fingerprint density at radius 2 is 2.06 bits per heavy atom. The van der Waals surface area contributed by atoms with E-state index < -0.39 is 0 Å². The molecule has 1 aromatic heterocycles. The number of rotatable bonds is 1. The third-order valence-corrected chi connectivity index (χ3v) is 2.98. The molecule has 0 amide bonds. The maximum atomic E-state index is 5.02. The average molecular weight is 233 g/mol. The van der Waals surface area contributed by atoms with E-state index in [1.54, 1.807) is 6.92 Å². The van der Waals surface area contributed by atoms with Crippen molar-refractivity contribution in [2.24, 2.45) is 15.9 Å². The quantitative estimate of drug-likeness (QED) is 0.459. The van der Waals surface area contributed by atoms with Crippen LogP contribution in [0.4, 0.5) is 0 Å². The van der Waals surface area contributed by atoms with Crippen molar-refractivity contribution in [3.8, 4) is 0 Å². The van der Waals surface area contributed by atoms with E-state index in [0.29, 0.717) is 5.84 Å². The number of nitrogens with two attached hydrogens (primary N) is 1. The summed E-state index contributed by atoms with van der Waals surface area (Å²) in [5.74, 6) is 0.435. The lowest BCUT2D eigenvalue weighted by molar-refractivity contribution is 1.24. The van der Waals surface area contributed by atoms with Gasteiger partial charge in [-0.25, -0.2) is 0 Å². The molecule has 0 unspecified atom stereocenters. The Labute approximate surface area is 99.3 Å². The minimum absolute atomic E-state index is 0.435. The third-order valence-electron chi connectivity index (χ3n) is 1.90. The van der Waals surface area contributed by atoms with Gasteiger partial charge in [0.1, 0.15) is 5.84 Å². The number of fused-ring (bicyclic) bond motifs is 1. The van der Waals surface area contributed by atoms with Crippen LogP contribution in [0.15, 0.2) is 39.8 Å². The largest absolute Gasteiger partial charge is 0.386 e. The molecule has 0 spiro atoms. The summed E-state index contributed by atoms with van der Waals surface area (Å²) in [6.07, 6.45) is 0. The molecule has 1 heterocycles. The number of amidine groups is 1. The van der Waals surface area contributed by atoms with Crippen LogP contribution in [0.2, 0.25) is 0 Å². The second kappa shape index (κ2) is 6.02. The van der Waals surface area contributed by atoms with Crippen LogP contribution in [0.1, 0.15) is 12.5 Å². The van der Waals surface area contributed by atoms with Crippen LogP contribution in [0.3, 0.4) is 0 Å². The van der Waals surface area contributed by atoms with E-state index >= 15 is 0 Å². The van der Waals surface area contributed by atoms with Gasteiger partial charge in [-0.2, -0.15) is 5.10 Å². The van der Waals surface area contributed by atoms with Gasteiger partial charge in [-0.15, -0.1) is 16.4 Å². The standard InChI is InChI=1S/C9H8S.C3H7N3/c1-7-6-10-9-5-3-2-4-8(7)9;1-3(4)6-5-2/h2-6H,1H3;2H2,1H3,(H2,4,6). The highest BCUT2D eigenvalue weighted by atomic mass is 32.1. The summed E-state index contributed by atoms with van der Waals surface area (Å²) < 4.78 is 1.39. The number of aryl methyl sites for hydroxylation is 1. The van der Waals surface area contributed by atoms with Gasteiger partial charge in [0.25, 0.3) is 0 Å². The van der Waals surface area contributed by atoms with Gasteiger partial charge >= 0.3 is 0 Å². The van der Waals surface area contributed by atoms with E-state index in [1.165, 1.54) is 15.6 Å². The van der Waals surface area contributed by atoms with Gasteiger partial charge in [-0.3, -0.25) is 0 Å². The highest BCUT2D eigenvalue weighted by molar-refractivity contribution is 7.17. The molecule has 1 aromatic carbocycles. The van der Waals surface area contributed by atoms with Crippen molar-refractivity contribution in [2.75, 3.05) is 0 Å². The Hall–Kier alpha value is -1.68. The van der Waals surface area contributed by atoms with E-state index in [-0.39, 0.29) is 0 Å². The van der Waals surface area contributed by atoms with Crippen LogP contribution < -0.4 is 5.73 Å². The Balaban J connectivity index is 0.000000187. The Morgan fingerprint density at radius 1 is 1.38 bits per heavy atom. The molecule has 2 aromatic rings. The average Bonchev–Trinajstić information content (AvgIpc) is 2.62. The number of nitrogens with zero attached hydrogens (tertiary/aromatic N) is 2. The molecular weight excluding hydrogens is 218 g/mol. The van der Waals surface area contributed by atoms with Gasteiger partial charge in [-0.1, -0.05) is 18.2 Å². The lowest BCUT2D eigenvalue weighted by atomic mass is 10.2. The van der Waals surface area contributed by atoms with E-state index in [4.69, 9.17) is 5.73 Å². The van der Waals surface area contributed by atoms with Gasteiger partial charge in [0.05, 0.1) is 0 Å². The Morgan fingerprint density at radius 3 is 2.56 bits per heavy atom. The molecule has 2 N–H and O–H groups in total. The predicted octanol–water partition coefficient (Wildman–Crippen LogP) is 3.19. The number of benzene rings is 1. The van der Waals surface area contributed by atoms with Gasteiger partial charge in [0.2, 0.25) is 0 Å². The van der Waals surface area contributed by atoms with Crippen LogP contribution in [0, 0.1) is 6.92 Å². The van der Waals surface area contributed by atoms with Crippen LogP contribution in [-0.2, 0) is 0 Å². The summed E-state index contributed by atoms with van der Waals surface area (Å²) in [5.41, 5.74) is 6.41. The molecule has 4 heteroatoms. The lowest BCUT2D eigenvalue weighted by Crippen LogP contribution is -2.03. The number of hydrogen-bond acceptors (Lipinski definition) is 3. The smallest absolute Gasteiger partial charge is 0.119 e. The molecule has 0 aliphatic heterocycles. The fraction of sp³-hybridized carbons (Fsp3) is 0.167. The number of hydrogen-bond donors (Lipinski definition) is 1. The summed E-state index contributed by atoms with van der Waals surface area (Å²) in [6, 6.07) is 8.49. The summed E-state index contributed by atoms with van der Waals surface area (Å²) in [4.78, 5) is 0. The van der Waals surface area contributed by atoms with E-state index in [1.807, 2.05) is 11.3 Å². The first-order valence-electron chi connectivity index (χ1n) is 4.83. The molecule has 0 atom stereocenters. The zero-order chi connectivity index (χ0) is 12.0.